The molecule has 0 atom stereocenters. The minimum Gasteiger partial charge on any atom is -0.205 e. The molecule has 3 heteroatoms. The first-order valence-corrected chi connectivity index (χ1v) is 10.4. The van der Waals surface area contributed by atoms with Crippen LogP contribution in [0.5, 0.6) is 0 Å². The number of thiocarbonyl (C=S) groups is 1. The Morgan fingerprint density at radius 2 is 1.70 bits per heavy atom. The zero-order valence-corrected chi connectivity index (χ0v) is 17.5. The summed E-state index contributed by atoms with van der Waals surface area (Å²) >= 11 is 4.56. The summed E-state index contributed by atoms with van der Waals surface area (Å²) in [6.07, 6.45) is 4.93. The molecule has 146 valence electrons. The molecule has 0 aliphatic heterocycles. The van der Waals surface area contributed by atoms with Crippen LogP contribution < -0.4 is 0 Å². The summed E-state index contributed by atoms with van der Waals surface area (Å²) in [5, 5.41) is 2.21. The van der Waals surface area contributed by atoms with E-state index in [0.717, 1.165) is 47.1 Å². The summed E-state index contributed by atoms with van der Waals surface area (Å²) in [5.41, 5.74) is 8.00. The van der Waals surface area contributed by atoms with Gasteiger partial charge in [0.05, 0.1) is 5.16 Å². The van der Waals surface area contributed by atoms with E-state index in [4.69, 9.17) is 0 Å². The van der Waals surface area contributed by atoms with Gasteiger partial charge in [0.1, 0.15) is 11.5 Å². The Kier molecular flexibility index (Phi) is 6.00. The highest BCUT2D eigenvalue weighted by atomic mass is 32.1. The number of halogens is 1. The number of hydrogen-bond acceptors (Lipinski definition) is 2. The molecule has 0 saturated carbocycles. The Bertz CT molecular complexity index is 1240. The van der Waals surface area contributed by atoms with Crippen LogP contribution in [0.1, 0.15) is 46.7 Å². The van der Waals surface area contributed by atoms with E-state index in [1.165, 1.54) is 17.2 Å². The van der Waals surface area contributed by atoms with E-state index in [0.29, 0.717) is 0 Å². The summed E-state index contributed by atoms with van der Waals surface area (Å²) in [4.78, 5) is 3.74. The fourth-order valence-corrected chi connectivity index (χ4v) is 3.71. The summed E-state index contributed by atoms with van der Waals surface area (Å²) in [7, 11) is 0. The van der Waals surface area contributed by atoms with Crippen molar-refractivity contribution in [2.75, 3.05) is 0 Å². The van der Waals surface area contributed by atoms with Gasteiger partial charge in [-0.15, -0.1) is 0 Å². The first kappa shape index (κ1) is 20.0. The van der Waals surface area contributed by atoms with Gasteiger partial charge in [0, 0.05) is 11.1 Å². The summed E-state index contributed by atoms with van der Waals surface area (Å²) in [5.74, 6) is 6.14. The smallest absolute Gasteiger partial charge is 0.150 e. The molecule has 0 amide bonds. The lowest BCUT2D eigenvalue weighted by Crippen LogP contribution is -2.00. The van der Waals surface area contributed by atoms with E-state index in [-0.39, 0.29) is 11.5 Å². The summed E-state index contributed by atoms with van der Waals surface area (Å²) in [6.45, 7) is 2.15. The van der Waals surface area contributed by atoms with E-state index >= 15 is 0 Å². The molecule has 0 radical (unpaired) electrons. The Labute approximate surface area is 182 Å². The van der Waals surface area contributed by atoms with Crippen LogP contribution in [0.3, 0.4) is 0 Å². The fourth-order valence-electron chi connectivity index (χ4n) is 3.61. The van der Waals surface area contributed by atoms with Crippen LogP contribution in [0.15, 0.2) is 65.7 Å². The lowest BCUT2D eigenvalue weighted by Gasteiger charge is -2.17. The molecule has 0 bridgehead atoms. The van der Waals surface area contributed by atoms with E-state index in [1.807, 2.05) is 12.1 Å². The second-order valence-electron chi connectivity index (χ2n) is 7.25. The molecule has 1 aliphatic carbocycles. The number of aryl methyl sites for hydroxylation is 2. The molecule has 3 aromatic carbocycles. The normalized spacial score (nSPS) is 12.1. The van der Waals surface area contributed by atoms with Crippen molar-refractivity contribution in [3.63, 3.8) is 0 Å². The van der Waals surface area contributed by atoms with E-state index in [9.17, 15) is 4.39 Å². The quantitative estimate of drug-likeness (QED) is 0.257. The molecule has 3 aromatic rings. The Morgan fingerprint density at radius 1 is 0.933 bits per heavy atom. The van der Waals surface area contributed by atoms with Crippen LogP contribution >= 0.6 is 12.2 Å². The highest BCUT2D eigenvalue weighted by Gasteiger charge is 2.13. The third kappa shape index (κ3) is 4.47. The molecule has 30 heavy (non-hydrogen) atoms. The predicted octanol–water partition coefficient (Wildman–Crippen LogP) is 7.01. The topological polar surface area (TPSA) is 12.4 Å². The monoisotopic (exact) mass is 409 g/mol. The van der Waals surface area contributed by atoms with Crippen molar-refractivity contribution < 1.29 is 4.39 Å². The van der Waals surface area contributed by atoms with Crippen LogP contribution in [0.4, 0.5) is 10.1 Å². The van der Waals surface area contributed by atoms with Crippen LogP contribution in [0.25, 0.3) is 11.6 Å². The first-order valence-electron chi connectivity index (χ1n) is 9.98. The predicted molar refractivity (Wildman–Crippen MR) is 126 cm³/mol. The molecule has 0 heterocycles. The molecule has 0 fully saturated rings. The van der Waals surface area contributed by atoms with Crippen molar-refractivity contribution in [2.24, 2.45) is 4.99 Å². The number of benzene rings is 3. The molecular weight excluding hydrogens is 389 g/mol. The first-order chi connectivity index (χ1) is 14.7. The summed E-state index contributed by atoms with van der Waals surface area (Å²) < 4.78 is 14.2. The molecule has 0 unspecified atom stereocenters. The number of aliphatic imine (C=N–C) groups is 1. The van der Waals surface area contributed by atoms with Crippen LogP contribution in [-0.2, 0) is 12.8 Å². The van der Waals surface area contributed by atoms with Gasteiger partial charge in [-0.2, -0.15) is 4.99 Å². The average Bonchev–Trinajstić information content (AvgIpc) is 2.79. The maximum absolute atomic E-state index is 14.2. The number of allylic oxidation sites excluding steroid dienone is 1. The van der Waals surface area contributed by atoms with Gasteiger partial charge < -0.3 is 0 Å². The van der Waals surface area contributed by atoms with Crippen LogP contribution in [-0.4, -0.2) is 5.16 Å². The molecule has 1 nitrogen and oxygen atoms in total. The van der Waals surface area contributed by atoms with E-state index in [1.54, 1.807) is 6.07 Å². The van der Waals surface area contributed by atoms with Gasteiger partial charge in [-0.25, -0.2) is 4.39 Å². The zero-order valence-electron chi connectivity index (χ0n) is 16.7. The third-order valence-corrected chi connectivity index (χ3v) is 5.43. The molecular formula is C27H20FNS. The highest BCUT2D eigenvalue weighted by Crippen LogP contribution is 2.32. The maximum Gasteiger partial charge on any atom is 0.150 e. The standard InChI is InChI=1S/C27H20FNS/c1-2-19-3-5-20(6-4-19)7-8-21-9-10-23-16-24(12-11-22(23)15-21)25-13-14-27(29-18-30)26(28)17-25/h3-6,9-10,13-17H,2,11-12H2,1H3. The van der Waals surface area contributed by atoms with Crippen LogP contribution in [0.2, 0.25) is 0 Å². The van der Waals surface area contributed by atoms with Gasteiger partial charge in [0.2, 0.25) is 0 Å². The number of hydrogen-bond donors (Lipinski definition) is 0. The van der Waals surface area contributed by atoms with Crippen molar-refractivity contribution in [3.8, 4) is 11.8 Å². The van der Waals surface area contributed by atoms with Gasteiger partial charge in [-0.3, -0.25) is 0 Å². The molecule has 0 saturated heterocycles. The van der Waals surface area contributed by atoms with Gasteiger partial charge in [0.15, 0.2) is 0 Å². The lowest BCUT2D eigenvalue weighted by atomic mass is 9.88. The van der Waals surface area contributed by atoms with Crippen molar-refractivity contribution in [2.45, 2.75) is 26.2 Å². The number of fused-ring (bicyclic) bond motifs is 1. The fraction of sp³-hybridized carbons (Fsp3) is 0.148. The van der Waals surface area contributed by atoms with Crippen molar-refractivity contribution in [3.05, 3.63) is 99.9 Å². The Balaban J connectivity index is 1.57. The average molecular weight is 410 g/mol. The molecule has 0 spiro atoms. The molecule has 4 rings (SSSR count). The Morgan fingerprint density at radius 3 is 2.43 bits per heavy atom. The largest absolute Gasteiger partial charge is 0.205 e. The molecule has 0 aromatic heterocycles. The van der Waals surface area contributed by atoms with Gasteiger partial charge in [0.25, 0.3) is 0 Å². The minimum absolute atomic E-state index is 0.220. The third-order valence-electron chi connectivity index (χ3n) is 5.33. The second kappa shape index (κ2) is 9.01. The lowest BCUT2D eigenvalue weighted by molar-refractivity contribution is 0.629. The summed E-state index contributed by atoms with van der Waals surface area (Å²) in [6, 6.07) is 19.7. The molecule has 1 aliphatic rings. The van der Waals surface area contributed by atoms with E-state index < -0.39 is 0 Å². The van der Waals surface area contributed by atoms with E-state index in [2.05, 4.69) is 83.6 Å². The number of isothiocyanates is 1. The Hall–Kier alpha value is -3.31. The van der Waals surface area contributed by atoms with Crippen molar-refractivity contribution in [1.82, 2.24) is 0 Å². The van der Waals surface area contributed by atoms with Crippen molar-refractivity contribution >= 4 is 34.7 Å². The van der Waals surface area contributed by atoms with Crippen molar-refractivity contribution in [1.29, 1.82) is 0 Å². The highest BCUT2D eigenvalue weighted by molar-refractivity contribution is 7.78. The van der Waals surface area contributed by atoms with Gasteiger partial charge in [-0.05, 0) is 95.7 Å². The maximum atomic E-state index is 14.2. The second-order valence-corrected chi connectivity index (χ2v) is 7.44. The zero-order chi connectivity index (χ0) is 20.9. The number of nitrogens with zero attached hydrogens (tertiary/aromatic N) is 1. The van der Waals surface area contributed by atoms with Gasteiger partial charge in [-0.1, -0.05) is 49.1 Å². The SMILES string of the molecule is CCc1ccc(C#Cc2ccc3c(c2)CCC(c2ccc(N=C=S)c(F)c2)=C3)cc1. The number of rotatable bonds is 3. The molecule has 0 N–H and O–H groups in total. The van der Waals surface area contributed by atoms with Gasteiger partial charge >= 0.3 is 0 Å². The minimum atomic E-state index is -0.380. The van der Waals surface area contributed by atoms with Crippen LogP contribution in [0, 0.1) is 17.7 Å².